The quantitative estimate of drug-likeness (QED) is 0.492. The molecule has 1 amide bonds. The number of pyridine rings is 1. The van der Waals surface area contributed by atoms with E-state index in [2.05, 4.69) is 20.9 Å². The Bertz CT molecular complexity index is 973. The van der Waals surface area contributed by atoms with Crippen molar-refractivity contribution in [3.05, 3.63) is 41.5 Å². The number of aromatic nitrogens is 1. The van der Waals surface area contributed by atoms with E-state index < -0.39 is 35.5 Å². The highest BCUT2D eigenvalue weighted by Crippen LogP contribution is 2.35. The van der Waals surface area contributed by atoms with Crippen LogP contribution in [0.2, 0.25) is 0 Å². The molecule has 0 spiro atoms. The molecule has 2 aromatic rings. The first kappa shape index (κ1) is 22.6. The maximum atomic E-state index is 14.6. The van der Waals surface area contributed by atoms with Gasteiger partial charge in [-0.1, -0.05) is 0 Å². The topological polar surface area (TPSA) is 101 Å². The van der Waals surface area contributed by atoms with Crippen LogP contribution in [-0.4, -0.2) is 43.1 Å². The first-order valence-corrected chi connectivity index (χ1v) is 9.58. The number of halogens is 4. The maximum Gasteiger partial charge on any atom is 0.265 e. The van der Waals surface area contributed by atoms with Crippen molar-refractivity contribution in [1.82, 2.24) is 10.3 Å². The standard InChI is InChI=1S/C20H23F4N5O2/c1-26-16-15(4-3-5-20(16,23)24)28-19-14(22)9-13(17(25)30)18(29-19)27-11-6-10(21)7-12(8-11)31-2/h6-9,15-16,26H,3-5H2,1-2H3,(H2,25,30)(H2,27,28,29)/t15-,16-/m1/s1. The molecule has 0 bridgehead atoms. The van der Waals surface area contributed by atoms with E-state index in [4.69, 9.17) is 10.5 Å². The number of primary amides is 1. The minimum Gasteiger partial charge on any atom is -0.497 e. The molecule has 1 heterocycles. The Labute approximate surface area is 176 Å². The van der Waals surface area contributed by atoms with Crippen molar-refractivity contribution in [3.63, 3.8) is 0 Å². The van der Waals surface area contributed by atoms with Gasteiger partial charge in [0.25, 0.3) is 11.8 Å². The molecule has 168 valence electrons. The number of methoxy groups -OCH3 is 1. The molecule has 1 aromatic carbocycles. The lowest BCUT2D eigenvalue weighted by Crippen LogP contribution is -2.56. The lowest BCUT2D eigenvalue weighted by atomic mass is 9.87. The third kappa shape index (κ3) is 4.98. The van der Waals surface area contributed by atoms with Crippen LogP contribution in [0.3, 0.4) is 0 Å². The smallest absolute Gasteiger partial charge is 0.265 e. The number of hydrogen-bond donors (Lipinski definition) is 4. The van der Waals surface area contributed by atoms with Gasteiger partial charge in [-0.3, -0.25) is 4.79 Å². The van der Waals surface area contributed by atoms with Gasteiger partial charge >= 0.3 is 0 Å². The zero-order chi connectivity index (χ0) is 22.8. The van der Waals surface area contributed by atoms with Crippen molar-refractivity contribution < 1.29 is 27.1 Å². The van der Waals surface area contributed by atoms with Crippen molar-refractivity contribution >= 4 is 23.2 Å². The molecular formula is C20H23F4N5O2. The predicted molar refractivity (Wildman–Crippen MR) is 108 cm³/mol. The number of ether oxygens (including phenoxy) is 1. The predicted octanol–water partition coefficient (Wildman–Crippen LogP) is 3.40. The Kier molecular flexibility index (Phi) is 6.54. The molecule has 0 saturated heterocycles. The molecule has 0 radical (unpaired) electrons. The summed E-state index contributed by atoms with van der Waals surface area (Å²) in [6, 6.07) is 2.51. The number of carbonyl (C=O) groups excluding carboxylic acids is 1. The number of anilines is 3. The summed E-state index contributed by atoms with van der Waals surface area (Å²) < 4.78 is 61.9. The first-order valence-electron chi connectivity index (χ1n) is 9.58. The highest BCUT2D eigenvalue weighted by atomic mass is 19.3. The number of nitrogens with zero attached hydrogens (tertiary/aromatic N) is 1. The molecule has 1 aliphatic rings. The summed E-state index contributed by atoms with van der Waals surface area (Å²) in [6.45, 7) is 0. The van der Waals surface area contributed by atoms with Crippen LogP contribution in [0.5, 0.6) is 5.75 Å². The number of likely N-dealkylation sites (N-methyl/N-ethyl adjacent to an activating group) is 1. The fraction of sp³-hybridized carbons (Fsp3) is 0.400. The van der Waals surface area contributed by atoms with E-state index in [-0.39, 0.29) is 41.5 Å². The first-order chi connectivity index (χ1) is 14.6. The summed E-state index contributed by atoms with van der Waals surface area (Å²) in [5.74, 6) is -5.80. The highest BCUT2D eigenvalue weighted by Gasteiger charge is 2.46. The second kappa shape index (κ2) is 8.96. The zero-order valence-electron chi connectivity index (χ0n) is 16.9. The molecule has 1 aliphatic carbocycles. The molecule has 7 nitrogen and oxygen atoms in total. The summed E-state index contributed by atoms with van der Waals surface area (Å²) in [7, 11) is 2.76. The molecule has 1 aromatic heterocycles. The molecule has 0 aliphatic heterocycles. The van der Waals surface area contributed by atoms with Gasteiger partial charge in [0.05, 0.1) is 18.7 Å². The fourth-order valence-corrected chi connectivity index (χ4v) is 3.68. The van der Waals surface area contributed by atoms with Gasteiger partial charge in [0.1, 0.15) is 17.4 Å². The number of hydrogen-bond acceptors (Lipinski definition) is 6. The summed E-state index contributed by atoms with van der Waals surface area (Å²) in [5, 5.41) is 8.00. The Morgan fingerprint density at radius 1 is 1.23 bits per heavy atom. The molecule has 31 heavy (non-hydrogen) atoms. The van der Waals surface area contributed by atoms with Crippen LogP contribution < -0.4 is 26.4 Å². The van der Waals surface area contributed by atoms with E-state index in [9.17, 15) is 22.4 Å². The summed E-state index contributed by atoms with van der Waals surface area (Å²) >= 11 is 0. The second-order valence-corrected chi connectivity index (χ2v) is 7.25. The third-order valence-electron chi connectivity index (χ3n) is 5.13. The van der Waals surface area contributed by atoms with Gasteiger partial charge in [0, 0.05) is 30.3 Å². The number of amides is 1. The van der Waals surface area contributed by atoms with Crippen LogP contribution in [0, 0.1) is 11.6 Å². The van der Waals surface area contributed by atoms with Gasteiger partial charge in [-0.15, -0.1) is 0 Å². The van der Waals surface area contributed by atoms with Gasteiger partial charge in [-0.2, -0.15) is 0 Å². The van der Waals surface area contributed by atoms with Gasteiger partial charge in [0.15, 0.2) is 11.6 Å². The van der Waals surface area contributed by atoms with Crippen molar-refractivity contribution in [1.29, 1.82) is 0 Å². The average molecular weight is 441 g/mol. The molecule has 11 heteroatoms. The van der Waals surface area contributed by atoms with Crippen molar-refractivity contribution in [3.8, 4) is 5.75 Å². The Balaban J connectivity index is 1.96. The van der Waals surface area contributed by atoms with Crippen molar-refractivity contribution in [2.75, 3.05) is 24.8 Å². The largest absolute Gasteiger partial charge is 0.497 e. The van der Waals surface area contributed by atoms with E-state index >= 15 is 0 Å². The van der Waals surface area contributed by atoms with Crippen LogP contribution in [0.4, 0.5) is 34.9 Å². The SMILES string of the molecule is CN[C@@H]1[C@H](Nc2nc(Nc3cc(F)cc(OC)c3)c(C(N)=O)cc2F)CCCC1(F)F. The molecule has 5 N–H and O–H groups in total. The van der Waals surface area contributed by atoms with Crippen LogP contribution in [-0.2, 0) is 0 Å². The minimum atomic E-state index is -2.98. The monoisotopic (exact) mass is 441 g/mol. The van der Waals surface area contributed by atoms with Crippen molar-refractivity contribution in [2.24, 2.45) is 5.73 Å². The van der Waals surface area contributed by atoms with Crippen LogP contribution >= 0.6 is 0 Å². The molecular weight excluding hydrogens is 418 g/mol. The molecule has 3 rings (SSSR count). The number of nitrogens with two attached hydrogens (primary N) is 1. The Hall–Kier alpha value is -3.08. The van der Waals surface area contributed by atoms with Gasteiger partial charge in [-0.05, 0) is 32.0 Å². The molecule has 0 unspecified atom stereocenters. The van der Waals surface area contributed by atoms with E-state index in [0.717, 1.165) is 18.2 Å². The molecule has 2 atom stereocenters. The van der Waals surface area contributed by atoms with Crippen molar-refractivity contribution in [2.45, 2.75) is 37.3 Å². The number of benzene rings is 1. The summed E-state index contributed by atoms with van der Waals surface area (Å²) in [5.41, 5.74) is 5.20. The van der Waals surface area contributed by atoms with Gasteiger partial charge in [0.2, 0.25) is 0 Å². The molecule has 1 fully saturated rings. The maximum absolute atomic E-state index is 14.6. The van der Waals surface area contributed by atoms with E-state index in [1.807, 2.05) is 0 Å². The average Bonchev–Trinajstić information content (AvgIpc) is 2.69. The van der Waals surface area contributed by atoms with E-state index in [0.29, 0.717) is 6.42 Å². The lowest BCUT2D eigenvalue weighted by Gasteiger charge is -2.38. The second-order valence-electron chi connectivity index (χ2n) is 7.25. The third-order valence-corrected chi connectivity index (χ3v) is 5.13. The summed E-state index contributed by atoms with van der Waals surface area (Å²) in [6.07, 6.45) is 0.336. The normalized spacial score (nSPS) is 20.2. The van der Waals surface area contributed by atoms with Crippen LogP contribution in [0.25, 0.3) is 0 Å². The van der Waals surface area contributed by atoms with Crippen LogP contribution in [0.15, 0.2) is 24.3 Å². The Morgan fingerprint density at radius 2 is 1.97 bits per heavy atom. The Morgan fingerprint density at radius 3 is 2.61 bits per heavy atom. The number of alkyl halides is 2. The van der Waals surface area contributed by atoms with E-state index in [1.165, 1.54) is 20.2 Å². The molecule has 1 saturated carbocycles. The number of rotatable bonds is 7. The number of nitrogens with one attached hydrogen (secondary N) is 3. The minimum absolute atomic E-state index is 0.160. The number of carbonyl (C=O) groups is 1. The highest BCUT2D eigenvalue weighted by molar-refractivity contribution is 5.98. The van der Waals surface area contributed by atoms with Crippen LogP contribution in [0.1, 0.15) is 29.6 Å². The van der Waals surface area contributed by atoms with E-state index in [1.54, 1.807) is 0 Å². The summed E-state index contributed by atoms with van der Waals surface area (Å²) in [4.78, 5) is 15.8. The lowest BCUT2D eigenvalue weighted by molar-refractivity contribution is -0.0654. The van der Waals surface area contributed by atoms with Gasteiger partial charge in [-0.25, -0.2) is 22.5 Å². The van der Waals surface area contributed by atoms with Gasteiger partial charge < -0.3 is 26.4 Å². The fourth-order valence-electron chi connectivity index (χ4n) is 3.68. The zero-order valence-corrected chi connectivity index (χ0v) is 16.9.